The zero-order chi connectivity index (χ0) is 26.8. The molecule has 1 amide bonds. The summed E-state index contributed by atoms with van der Waals surface area (Å²) in [5.74, 6) is 0.127. The number of benzene rings is 1. The fourth-order valence-electron chi connectivity index (χ4n) is 5.13. The van der Waals surface area contributed by atoms with Gasteiger partial charge in [0.2, 0.25) is 0 Å². The number of nitro benzene ring substituents is 1. The third-order valence-electron chi connectivity index (χ3n) is 6.97. The monoisotopic (exact) mass is 502 g/mol. The van der Waals surface area contributed by atoms with Gasteiger partial charge in [-0.3, -0.25) is 15.0 Å². The molecule has 1 aromatic carbocycles. The lowest BCUT2D eigenvalue weighted by atomic mass is 9.75. The third-order valence-corrected chi connectivity index (χ3v) is 6.97. The summed E-state index contributed by atoms with van der Waals surface area (Å²) in [7, 11) is 0. The first-order chi connectivity index (χ1) is 16.8. The predicted octanol–water partition coefficient (Wildman–Crippen LogP) is 6.09. The Morgan fingerprint density at radius 3 is 2.36 bits per heavy atom. The molecule has 198 valence electrons. The second-order valence-electron chi connectivity index (χ2n) is 11.3. The molecule has 1 aromatic rings. The van der Waals surface area contributed by atoms with Crippen molar-refractivity contribution in [2.75, 3.05) is 6.54 Å². The lowest BCUT2D eigenvalue weighted by Gasteiger charge is -2.40. The SMILES string of the molecule is CC(C)[C@@H]1CC[C@@H](C)C[C@H]1OC(=O)C1=C(O)CCN(C(=O)OC(C)(C)C)[C@@H]1c1ccc([N+](=O)[O-])cc1. The summed E-state index contributed by atoms with van der Waals surface area (Å²) in [6, 6.07) is 4.61. The van der Waals surface area contributed by atoms with Crippen molar-refractivity contribution in [1.29, 1.82) is 0 Å². The molecule has 1 aliphatic carbocycles. The van der Waals surface area contributed by atoms with Crippen LogP contribution in [0, 0.1) is 27.9 Å². The molecule has 1 saturated carbocycles. The summed E-state index contributed by atoms with van der Waals surface area (Å²) < 4.78 is 11.6. The van der Waals surface area contributed by atoms with Crippen molar-refractivity contribution in [3.8, 4) is 0 Å². The molecule has 9 nitrogen and oxygen atoms in total. The maximum atomic E-state index is 13.6. The van der Waals surface area contributed by atoms with E-state index in [-0.39, 0.29) is 42.0 Å². The van der Waals surface area contributed by atoms with E-state index in [1.54, 1.807) is 20.8 Å². The summed E-state index contributed by atoms with van der Waals surface area (Å²) in [6.45, 7) is 11.7. The molecular formula is C27H38N2O7. The van der Waals surface area contributed by atoms with Crippen LogP contribution < -0.4 is 0 Å². The number of nitrogens with zero attached hydrogens (tertiary/aromatic N) is 2. The molecule has 1 fully saturated rings. The number of amides is 1. The van der Waals surface area contributed by atoms with Crippen molar-refractivity contribution in [3.63, 3.8) is 0 Å². The number of carbonyl (C=O) groups excluding carboxylic acids is 2. The number of aliphatic hydroxyl groups is 1. The Kier molecular flexibility index (Phi) is 8.31. The molecule has 36 heavy (non-hydrogen) atoms. The highest BCUT2D eigenvalue weighted by atomic mass is 16.6. The molecule has 0 unspecified atom stereocenters. The minimum atomic E-state index is -1.000. The van der Waals surface area contributed by atoms with Crippen molar-refractivity contribution in [2.24, 2.45) is 17.8 Å². The van der Waals surface area contributed by atoms with Crippen LogP contribution in [0.15, 0.2) is 35.6 Å². The van der Waals surface area contributed by atoms with Crippen LogP contribution in [0.1, 0.15) is 78.8 Å². The van der Waals surface area contributed by atoms with E-state index in [0.29, 0.717) is 17.4 Å². The van der Waals surface area contributed by atoms with Gasteiger partial charge in [-0.15, -0.1) is 0 Å². The van der Waals surface area contributed by atoms with E-state index in [9.17, 15) is 24.8 Å². The first-order valence-electron chi connectivity index (χ1n) is 12.7. The van der Waals surface area contributed by atoms with Gasteiger partial charge in [0.05, 0.1) is 11.0 Å². The number of carbonyl (C=O) groups is 2. The fraction of sp³-hybridized carbons (Fsp3) is 0.630. The van der Waals surface area contributed by atoms with Gasteiger partial charge in [-0.05, 0) is 69.1 Å². The summed E-state index contributed by atoms with van der Waals surface area (Å²) in [5, 5.41) is 22.1. The summed E-state index contributed by atoms with van der Waals surface area (Å²) >= 11 is 0. The van der Waals surface area contributed by atoms with E-state index in [0.717, 1.165) is 19.3 Å². The molecule has 0 bridgehead atoms. The van der Waals surface area contributed by atoms with Crippen LogP contribution in [-0.4, -0.2) is 45.2 Å². The number of nitro groups is 1. The van der Waals surface area contributed by atoms with Crippen LogP contribution >= 0.6 is 0 Å². The molecule has 3 rings (SSSR count). The summed E-state index contributed by atoms with van der Waals surface area (Å²) in [4.78, 5) is 38.8. The van der Waals surface area contributed by atoms with Gasteiger partial charge in [0, 0.05) is 25.1 Å². The highest BCUT2D eigenvalue weighted by molar-refractivity contribution is 5.92. The molecule has 0 aromatic heterocycles. The number of hydrogen-bond acceptors (Lipinski definition) is 7. The molecule has 1 N–H and O–H groups in total. The van der Waals surface area contributed by atoms with Crippen LogP contribution in [0.2, 0.25) is 0 Å². The lowest BCUT2D eigenvalue weighted by Crippen LogP contribution is -2.45. The van der Waals surface area contributed by atoms with Crippen LogP contribution in [0.4, 0.5) is 10.5 Å². The molecule has 4 atom stereocenters. The van der Waals surface area contributed by atoms with Gasteiger partial charge >= 0.3 is 12.1 Å². The van der Waals surface area contributed by atoms with E-state index in [4.69, 9.17) is 9.47 Å². The van der Waals surface area contributed by atoms with Gasteiger partial charge in [0.1, 0.15) is 23.0 Å². The Bertz CT molecular complexity index is 1010. The normalized spacial score (nSPS) is 25.0. The average Bonchev–Trinajstić information content (AvgIpc) is 2.77. The quantitative estimate of drug-likeness (QED) is 0.294. The first kappa shape index (κ1) is 27.5. The van der Waals surface area contributed by atoms with E-state index in [1.165, 1.54) is 29.2 Å². The maximum Gasteiger partial charge on any atom is 0.411 e. The van der Waals surface area contributed by atoms with E-state index >= 15 is 0 Å². The molecule has 2 aliphatic rings. The second kappa shape index (κ2) is 10.9. The van der Waals surface area contributed by atoms with Crippen molar-refractivity contribution in [1.82, 2.24) is 4.90 Å². The third kappa shape index (κ3) is 6.36. The molecule has 9 heteroatoms. The Hall–Kier alpha value is -3.10. The largest absolute Gasteiger partial charge is 0.512 e. The minimum Gasteiger partial charge on any atom is -0.512 e. The lowest BCUT2D eigenvalue weighted by molar-refractivity contribution is -0.384. The predicted molar refractivity (Wildman–Crippen MR) is 134 cm³/mol. The van der Waals surface area contributed by atoms with Gasteiger partial charge < -0.3 is 14.6 Å². The number of rotatable bonds is 5. The molecule has 1 heterocycles. The maximum absolute atomic E-state index is 13.6. The Balaban J connectivity index is 2.00. The highest BCUT2D eigenvalue weighted by Gasteiger charge is 2.42. The average molecular weight is 503 g/mol. The van der Waals surface area contributed by atoms with Gasteiger partial charge in [-0.25, -0.2) is 9.59 Å². The van der Waals surface area contributed by atoms with Crippen molar-refractivity contribution >= 4 is 17.7 Å². The van der Waals surface area contributed by atoms with Gasteiger partial charge in [0.25, 0.3) is 5.69 Å². The second-order valence-corrected chi connectivity index (χ2v) is 11.3. The van der Waals surface area contributed by atoms with Crippen molar-refractivity contribution in [2.45, 2.75) is 85.0 Å². The number of esters is 1. The van der Waals surface area contributed by atoms with E-state index in [2.05, 4.69) is 20.8 Å². The molecule has 1 aliphatic heterocycles. The van der Waals surface area contributed by atoms with Crippen molar-refractivity contribution < 1.29 is 29.1 Å². The smallest absolute Gasteiger partial charge is 0.411 e. The molecule has 0 spiro atoms. The summed E-state index contributed by atoms with van der Waals surface area (Å²) in [6.07, 6.45) is 1.90. The van der Waals surface area contributed by atoms with Crippen molar-refractivity contribution in [3.05, 3.63) is 51.3 Å². The van der Waals surface area contributed by atoms with Crippen LogP contribution in [0.3, 0.4) is 0 Å². The summed E-state index contributed by atoms with van der Waals surface area (Å²) in [5.41, 5.74) is -0.473. The van der Waals surface area contributed by atoms with E-state index < -0.39 is 28.6 Å². The number of non-ortho nitro benzene ring substituents is 1. The molecule has 0 radical (unpaired) electrons. The molecular weight excluding hydrogens is 464 g/mol. The number of hydrogen-bond donors (Lipinski definition) is 1. The van der Waals surface area contributed by atoms with Crippen LogP contribution in [0.5, 0.6) is 0 Å². The Labute approximate surface area is 212 Å². The van der Waals surface area contributed by atoms with E-state index in [1.807, 2.05) is 0 Å². The minimum absolute atomic E-state index is 0.0262. The Morgan fingerprint density at radius 1 is 1.17 bits per heavy atom. The zero-order valence-electron chi connectivity index (χ0n) is 22.0. The standard InChI is InChI=1S/C27H38N2O7/c1-16(2)20-12-7-17(3)15-22(20)35-25(31)23-21(30)13-14-28(26(32)36-27(4,5)6)24(23)18-8-10-19(11-9-18)29(33)34/h8-11,16-17,20,22,24,30H,7,12-15H2,1-6H3/t17-,20+,22-,24-/m1/s1. The Morgan fingerprint density at radius 2 is 1.81 bits per heavy atom. The molecule has 0 saturated heterocycles. The topological polar surface area (TPSA) is 119 Å². The zero-order valence-corrected chi connectivity index (χ0v) is 22.0. The first-order valence-corrected chi connectivity index (χ1v) is 12.7. The van der Waals surface area contributed by atoms with Gasteiger partial charge in [-0.1, -0.05) is 27.2 Å². The highest BCUT2D eigenvalue weighted by Crippen LogP contribution is 2.40. The number of ether oxygens (including phenoxy) is 2. The van der Waals surface area contributed by atoms with Gasteiger partial charge in [0.15, 0.2) is 0 Å². The number of aliphatic hydroxyl groups excluding tert-OH is 1. The van der Waals surface area contributed by atoms with Crippen LogP contribution in [0.25, 0.3) is 0 Å². The fourth-order valence-corrected chi connectivity index (χ4v) is 5.13. The van der Waals surface area contributed by atoms with Crippen LogP contribution in [-0.2, 0) is 14.3 Å². The van der Waals surface area contributed by atoms with Gasteiger partial charge in [-0.2, -0.15) is 0 Å².